The van der Waals surface area contributed by atoms with Crippen LogP contribution in [-0.4, -0.2) is 48.4 Å². The summed E-state index contributed by atoms with van der Waals surface area (Å²) >= 11 is 0. The Bertz CT molecular complexity index is 393. The van der Waals surface area contributed by atoms with E-state index in [-0.39, 0.29) is 11.1 Å². The van der Waals surface area contributed by atoms with Crippen LogP contribution < -0.4 is 0 Å². The minimum atomic E-state index is -1.38. The van der Waals surface area contributed by atoms with Gasteiger partial charge in [0.25, 0.3) is 6.10 Å². The quantitative estimate of drug-likeness (QED) is 0.498. The highest BCUT2D eigenvalue weighted by atomic mass is 16.7. The van der Waals surface area contributed by atoms with Crippen molar-refractivity contribution in [2.45, 2.75) is 89.8 Å². The molecule has 1 aliphatic rings. The Kier molecular flexibility index (Phi) is 7.67. The third-order valence-corrected chi connectivity index (χ3v) is 5.82. The van der Waals surface area contributed by atoms with E-state index in [1.807, 2.05) is 5.06 Å². The van der Waals surface area contributed by atoms with Crippen LogP contribution in [-0.2, 0) is 23.9 Å². The second kappa shape index (κ2) is 8.81. The second-order valence-corrected chi connectivity index (χ2v) is 6.54. The fourth-order valence-corrected chi connectivity index (χ4v) is 3.96. The van der Waals surface area contributed by atoms with Crippen molar-refractivity contribution in [3.8, 4) is 0 Å². The molecule has 6 nitrogen and oxygen atoms in total. The number of carbonyl (C=O) groups excluding carboxylic acids is 2. The standard InChI is InChI=1S/C18H33NO5/c1-7-17(8-2)12-11-13-18(9-3,10-4)19(17)24-14(15(20)22-5)16(21)23-6/h14H,7-13H2,1-6H3. The molecule has 0 atom stereocenters. The van der Waals surface area contributed by atoms with E-state index in [0.29, 0.717) is 0 Å². The topological polar surface area (TPSA) is 65.1 Å². The molecular formula is C18H33NO5. The molecule has 1 fully saturated rings. The van der Waals surface area contributed by atoms with Crippen LogP contribution in [0.15, 0.2) is 0 Å². The number of esters is 2. The van der Waals surface area contributed by atoms with Crippen LogP contribution in [0.4, 0.5) is 0 Å². The number of hydrogen-bond donors (Lipinski definition) is 0. The molecule has 0 aromatic carbocycles. The van der Waals surface area contributed by atoms with Gasteiger partial charge in [-0.05, 0) is 44.9 Å². The van der Waals surface area contributed by atoms with Crippen LogP contribution in [0, 0.1) is 0 Å². The molecule has 1 saturated heterocycles. The van der Waals surface area contributed by atoms with Crippen molar-refractivity contribution in [1.29, 1.82) is 0 Å². The molecule has 0 bridgehead atoms. The summed E-state index contributed by atoms with van der Waals surface area (Å²) in [5.41, 5.74) is -0.380. The number of nitrogens with zero attached hydrogens (tertiary/aromatic N) is 1. The number of piperidine rings is 1. The summed E-state index contributed by atoms with van der Waals surface area (Å²) in [5.74, 6) is -1.45. The fraction of sp³-hybridized carbons (Fsp3) is 0.889. The summed E-state index contributed by atoms with van der Waals surface area (Å²) < 4.78 is 9.51. The molecule has 0 radical (unpaired) electrons. The molecule has 140 valence electrons. The van der Waals surface area contributed by atoms with Crippen molar-refractivity contribution in [3.05, 3.63) is 0 Å². The van der Waals surface area contributed by atoms with Crippen molar-refractivity contribution in [2.24, 2.45) is 0 Å². The van der Waals surface area contributed by atoms with Gasteiger partial charge in [-0.25, -0.2) is 9.59 Å². The van der Waals surface area contributed by atoms with E-state index in [1.165, 1.54) is 14.2 Å². The highest BCUT2D eigenvalue weighted by Crippen LogP contribution is 2.46. The molecule has 1 heterocycles. The molecule has 0 N–H and O–H groups in total. The Hall–Kier alpha value is -1.14. The molecule has 0 saturated carbocycles. The van der Waals surface area contributed by atoms with E-state index in [2.05, 4.69) is 27.7 Å². The van der Waals surface area contributed by atoms with E-state index in [1.54, 1.807) is 0 Å². The number of hydroxylamine groups is 2. The van der Waals surface area contributed by atoms with Crippen LogP contribution in [0.3, 0.4) is 0 Å². The van der Waals surface area contributed by atoms with Gasteiger partial charge in [-0.1, -0.05) is 27.7 Å². The normalized spacial score (nSPS) is 20.0. The first-order chi connectivity index (χ1) is 11.4. The van der Waals surface area contributed by atoms with Crippen LogP contribution in [0.25, 0.3) is 0 Å². The second-order valence-electron chi connectivity index (χ2n) is 6.54. The monoisotopic (exact) mass is 343 g/mol. The predicted octanol–water partition coefficient (Wildman–Crippen LogP) is 3.24. The molecule has 0 aromatic heterocycles. The smallest absolute Gasteiger partial charge is 0.348 e. The molecule has 0 amide bonds. The molecule has 0 spiro atoms. The molecule has 6 heteroatoms. The summed E-state index contributed by atoms with van der Waals surface area (Å²) in [5, 5.41) is 1.96. The first-order valence-electron chi connectivity index (χ1n) is 9.03. The zero-order chi connectivity index (χ0) is 18.4. The lowest BCUT2D eigenvalue weighted by Crippen LogP contribution is -2.64. The average molecular weight is 343 g/mol. The number of ether oxygens (including phenoxy) is 2. The highest BCUT2D eigenvalue weighted by molar-refractivity contribution is 5.97. The lowest BCUT2D eigenvalue weighted by atomic mass is 9.73. The SMILES string of the molecule is CCC1(CC)CCCC(CC)(CC)N1OC(C(=O)OC)C(=O)OC. The Labute approximate surface area is 145 Å². The van der Waals surface area contributed by atoms with Gasteiger partial charge in [-0.3, -0.25) is 4.84 Å². The maximum absolute atomic E-state index is 12.1. The number of carbonyl (C=O) groups is 2. The first-order valence-corrected chi connectivity index (χ1v) is 9.03. The zero-order valence-electron chi connectivity index (χ0n) is 16.0. The minimum absolute atomic E-state index is 0.190. The summed E-state index contributed by atoms with van der Waals surface area (Å²) in [6.07, 6.45) is 5.26. The van der Waals surface area contributed by atoms with E-state index >= 15 is 0 Å². The van der Waals surface area contributed by atoms with Gasteiger partial charge < -0.3 is 9.47 Å². The van der Waals surface area contributed by atoms with Crippen molar-refractivity contribution >= 4 is 11.9 Å². The van der Waals surface area contributed by atoms with Gasteiger partial charge in [0.2, 0.25) is 0 Å². The molecule has 1 rings (SSSR count). The molecule has 0 aliphatic carbocycles. The predicted molar refractivity (Wildman–Crippen MR) is 91.2 cm³/mol. The number of rotatable bonds is 8. The van der Waals surface area contributed by atoms with Crippen LogP contribution in [0.1, 0.15) is 72.6 Å². The van der Waals surface area contributed by atoms with Gasteiger partial charge in [-0.2, -0.15) is 5.06 Å². The Morgan fingerprint density at radius 3 is 1.54 bits per heavy atom. The minimum Gasteiger partial charge on any atom is -0.467 e. The Morgan fingerprint density at radius 1 is 0.875 bits per heavy atom. The largest absolute Gasteiger partial charge is 0.467 e. The fourth-order valence-electron chi connectivity index (χ4n) is 3.96. The van der Waals surface area contributed by atoms with Crippen molar-refractivity contribution in [1.82, 2.24) is 5.06 Å². The molecule has 0 aromatic rings. The summed E-state index contributed by atoms with van der Waals surface area (Å²) in [4.78, 5) is 30.2. The van der Waals surface area contributed by atoms with Gasteiger partial charge in [0.15, 0.2) is 0 Å². The molecule has 1 aliphatic heterocycles. The highest BCUT2D eigenvalue weighted by Gasteiger charge is 2.51. The van der Waals surface area contributed by atoms with Gasteiger partial charge in [-0.15, -0.1) is 0 Å². The zero-order valence-corrected chi connectivity index (χ0v) is 16.0. The summed E-state index contributed by atoms with van der Waals surface area (Å²) in [6.45, 7) is 8.53. The summed E-state index contributed by atoms with van der Waals surface area (Å²) in [6, 6.07) is 0. The Balaban J connectivity index is 3.30. The van der Waals surface area contributed by atoms with Gasteiger partial charge >= 0.3 is 11.9 Å². The van der Waals surface area contributed by atoms with Crippen LogP contribution in [0.5, 0.6) is 0 Å². The van der Waals surface area contributed by atoms with Gasteiger partial charge in [0.05, 0.1) is 14.2 Å². The van der Waals surface area contributed by atoms with Gasteiger partial charge in [0.1, 0.15) is 0 Å². The van der Waals surface area contributed by atoms with E-state index in [0.717, 1.165) is 44.9 Å². The van der Waals surface area contributed by atoms with E-state index in [4.69, 9.17) is 14.3 Å². The lowest BCUT2D eigenvalue weighted by Gasteiger charge is -2.56. The third-order valence-electron chi connectivity index (χ3n) is 5.82. The van der Waals surface area contributed by atoms with E-state index in [9.17, 15) is 9.59 Å². The lowest BCUT2D eigenvalue weighted by molar-refractivity contribution is -0.317. The van der Waals surface area contributed by atoms with Crippen molar-refractivity contribution in [3.63, 3.8) is 0 Å². The van der Waals surface area contributed by atoms with Crippen molar-refractivity contribution < 1.29 is 23.9 Å². The molecular weight excluding hydrogens is 310 g/mol. The average Bonchev–Trinajstić information content (AvgIpc) is 2.64. The number of methoxy groups -OCH3 is 2. The maximum atomic E-state index is 12.1. The van der Waals surface area contributed by atoms with Crippen molar-refractivity contribution in [2.75, 3.05) is 14.2 Å². The van der Waals surface area contributed by atoms with Crippen LogP contribution in [0.2, 0.25) is 0 Å². The molecule has 0 unspecified atom stereocenters. The maximum Gasteiger partial charge on any atom is 0.348 e. The summed E-state index contributed by atoms with van der Waals surface area (Å²) in [7, 11) is 2.50. The van der Waals surface area contributed by atoms with Gasteiger partial charge in [0, 0.05) is 11.1 Å². The number of hydrogen-bond acceptors (Lipinski definition) is 6. The molecule has 24 heavy (non-hydrogen) atoms. The first kappa shape index (κ1) is 20.9. The van der Waals surface area contributed by atoms with Crippen LogP contribution >= 0.6 is 0 Å². The Morgan fingerprint density at radius 2 is 1.25 bits per heavy atom. The van der Waals surface area contributed by atoms with E-state index < -0.39 is 18.0 Å². The third kappa shape index (κ3) is 3.75.